The highest BCUT2D eigenvalue weighted by molar-refractivity contribution is 7.89. The SMILES string of the molecule is Cc1ccc(Cl)cc1N1CCN(C(=O)CCNS(=O)(=O)c2ccc3[nH]c(=O)ccc3c2)CC1. The molecule has 174 valence electrons. The van der Waals surface area contributed by atoms with Crippen molar-refractivity contribution in [3.63, 3.8) is 0 Å². The number of piperazine rings is 1. The van der Waals surface area contributed by atoms with Gasteiger partial charge >= 0.3 is 0 Å². The molecule has 0 radical (unpaired) electrons. The molecule has 3 aromatic rings. The lowest BCUT2D eigenvalue weighted by Gasteiger charge is -2.37. The zero-order valence-electron chi connectivity index (χ0n) is 18.2. The molecule has 33 heavy (non-hydrogen) atoms. The summed E-state index contributed by atoms with van der Waals surface area (Å²) in [5.41, 5.74) is 2.51. The Morgan fingerprint density at radius 2 is 1.82 bits per heavy atom. The van der Waals surface area contributed by atoms with Gasteiger partial charge in [-0.25, -0.2) is 13.1 Å². The normalized spacial score (nSPS) is 14.6. The van der Waals surface area contributed by atoms with E-state index in [1.165, 1.54) is 18.2 Å². The van der Waals surface area contributed by atoms with E-state index in [2.05, 4.69) is 14.6 Å². The second kappa shape index (κ2) is 9.54. The summed E-state index contributed by atoms with van der Waals surface area (Å²) in [6.45, 7) is 4.57. The molecule has 1 amide bonds. The van der Waals surface area contributed by atoms with Crippen LogP contribution in [0, 0.1) is 6.92 Å². The number of aryl methyl sites for hydroxylation is 1. The van der Waals surface area contributed by atoms with Gasteiger partial charge in [-0.3, -0.25) is 9.59 Å². The van der Waals surface area contributed by atoms with Crippen LogP contribution in [0.3, 0.4) is 0 Å². The van der Waals surface area contributed by atoms with Crippen LogP contribution < -0.4 is 15.2 Å². The van der Waals surface area contributed by atoms with E-state index in [4.69, 9.17) is 11.6 Å². The van der Waals surface area contributed by atoms with Gasteiger partial charge in [0, 0.05) is 61.4 Å². The van der Waals surface area contributed by atoms with Crippen LogP contribution in [0.2, 0.25) is 5.02 Å². The molecular formula is C23H25ClN4O4S. The predicted octanol–water partition coefficient (Wildman–Crippen LogP) is 2.51. The number of sulfonamides is 1. The molecular weight excluding hydrogens is 464 g/mol. The number of amides is 1. The van der Waals surface area contributed by atoms with Gasteiger partial charge in [0.15, 0.2) is 0 Å². The maximum absolute atomic E-state index is 12.6. The Balaban J connectivity index is 1.31. The highest BCUT2D eigenvalue weighted by Crippen LogP contribution is 2.25. The Bertz CT molecular complexity index is 1350. The number of rotatable bonds is 6. The molecule has 10 heteroatoms. The van der Waals surface area contributed by atoms with Crippen molar-refractivity contribution in [2.75, 3.05) is 37.6 Å². The minimum absolute atomic E-state index is 0.0123. The molecule has 2 heterocycles. The van der Waals surface area contributed by atoms with Crippen molar-refractivity contribution >= 4 is 44.1 Å². The van der Waals surface area contributed by atoms with Crippen LogP contribution in [0.25, 0.3) is 10.9 Å². The maximum atomic E-state index is 12.6. The largest absolute Gasteiger partial charge is 0.368 e. The van der Waals surface area contributed by atoms with Crippen LogP contribution >= 0.6 is 11.6 Å². The number of halogens is 1. The number of aromatic nitrogens is 1. The molecule has 0 saturated carbocycles. The van der Waals surface area contributed by atoms with E-state index in [1.807, 2.05) is 25.1 Å². The van der Waals surface area contributed by atoms with Crippen molar-refractivity contribution in [2.24, 2.45) is 0 Å². The highest BCUT2D eigenvalue weighted by atomic mass is 35.5. The van der Waals surface area contributed by atoms with Gasteiger partial charge in [-0.05, 0) is 54.3 Å². The van der Waals surface area contributed by atoms with Gasteiger partial charge in [0.1, 0.15) is 0 Å². The molecule has 1 fully saturated rings. The summed E-state index contributed by atoms with van der Waals surface area (Å²) in [6.07, 6.45) is 0.0797. The molecule has 0 aliphatic carbocycles. The number of nitrogens with one attached hydrogen (secondary N) is 2. The van der Waals surface area contributed by atoms with Crippen LogP contribution in [-0.2, 0) is 14.8 Å². The van der Waals surface area contributed by atoms with Crippen molar-refractivity contribution in [1.29, 1.82) is 0 Å². The fourth-order valence-electron chi connectivity index (χ4n) is 3.95. The van der Waals surface area contributed by atoms with Crippen molar-refractivity contribution in [2.45, 2.75) is 18.2 Å². The number of hydrogen-bond acceptors (Lipinski definition) is 5. The summed E-state index contributed by atoms with van der Waals surface area (Å²) < 4.78 is 27.8. The van der Waals surface area contributed by atoms with Gasteiger partial charge in [-0.1, -0.05) is 17.7 Å². The second-order valence-electron chi connectivity index (χ2n) is 8.02. The first-order valence-electron chi connectivity index (χ1n) is 10.6. The Labute approximate surface area is 197 Å². The molecule has 1 aliphatic rings. The number of hydrogen-bond donors (Lipinski definition) is 2. The van der Waals surface area contributed by atoms with Crippen LogP contribution in [0.4, 0.5) is 5.69 Å². The number of H-pyrrole nitrogens is 1. The quantitative estimate of drug-likeness (QED) is 0.555. The molecule has 2 aromatic carbocycles. The van der Waals surface area contributed by atoms with Crippen molar-refractivity contribution < 1.29 is 13.2 Å². The molecule has 1 aliphatic heterocycles. The standard InChI is InChI=1S/C23H25ClN4O4S/c1-16-2-4-18(24)15-21(16)27-10-12-28(13-11-27)23(30)8-9-25-33(31,32)19-5-6-20-17(14-19)3-7-22(29)26-20/h2-7,14-15,25H,8-13H2,1H3,(H,26,29). The lowest BCUT2D eigenvalue weighted by atomic mass is 10.1. The Kier molecular flexibility index (Phi) is 6.73. The van der Waals surface area contributed by atoms with Crippen LogP contribution in [0.15, 0.2) is 58.2 Å². The minimum Gasteiger partial charge on any atom is -0.368 e. The molecule has 2 N–H and O–H groups in total. The molecule has 1 aromatic heterocycles. The van der Waals surface area contributed by atoms with Crippen molar-refractivity contribution in [1.82, 2.24) is 14.6 Å². The highest BCUT2D eigenvalue weighted by Gasteiger charge is 2.23. The average Bonchev–Trinajstić information content (AvgIpc) is 2.80. The first-order chi connectivity index (χ1) is 15.7. The van der Waals surface area contributed by atoms with Gasteiger partial charge in [0.25, 0.3) is 0 Å². The molecule has 8 nitrogen and oxygen atoms in total. The predicted molar refractivity (Wildman–Crippen MR) is 129 cm³/mol. The van der Waals surface area contributed by atoms with E-state index in [0.29, 0.717) is 42.1 Å². The van der Waals surface area contributed by atoms with E-state index < -0.39 is 10.0 Å². The summed E-state index contributed by atoms with van der Waals surface area (Å²) in [4.78, 5) is 30.7. The number of pyridine rings is 1. The number of carbonyl (C=O) groups excluding carboxylic acids is 1. The number of benzene rings is 2. The average molecular weight is 489 g/mol. The van der Waals surface area contributed by atoms with E-state index in [-0.39, 0.29) is 29.3 Å². The van der Waals surface area contributed by atoms with E-state index >= 15 is 0 Å². The van der Waals surface area contributed by atoms with Crippen LogP contribution in [0.5, 0.6) is 0 Å². The number of fused-ring (bicyclic) bond motifs is 1. The van der Waals surface area contributed by atoms with Crippen molar-refractivity contribution in [3.8, 4) is 0 Å². The van der Waals surface area contributed by atoms with Gasteiger partial charge in [-0.2, -0.15) is 0 Å². The number of anilines is 1. The van der Waals surface area contributed by atoms with E-state index in [9.17, 15) is 18.0 Å². The fraction of sp³-hybridized carbons (Fsp3) is 0.304. The molecule has 0 unspecified atom stereocenters. The molecule has 4 rings (SSSR count). The lowest BCUT2D eigenvalue weighted by molar-refractivity contribution is -0.131. The third kappa shape index (κ3) is 5.38. The smallest absolute Gasteiger partial charge is 0.248 e. The summed E-state index contributed by atoms with van der Waals surface area (Å²) in [5.74, 6) is -0.0868. The third-order valence-corrected chi connectivity index (χ3v) is 7.47. The number of carbonyl (C=O) groups is 1. The zero-order chi connectivity index (χ0) is 23.6. The number of nitrogens with zero attached hydrogens (tertiary/aromatic N) is 2. The molecule has 0 bridgehead atoms. The summed E-state index contributed by atoms with van der Waals surface area (Å²) in [5, 5.41) is 1.29. The Morgan fingerprint density at radius 3 is 2.58 bits per heavy atom. The van der Waals surface area contributed by atoms with Gasteiger partial charge in [-0.15, -0.1) is 0 Å². The van der Waals surface area contributed by atoms with Crippen molar-refractivity contribution in [3.05, 3.63) is 69.5 Å². The molecule has 0 atom stereocenters. The minimum atomic E-state index is -3.78. The Hall–Kier alpha value is -2.88. The first-order valence-corrected chi connectivity index (χ1v) is 12.5. The molecule has 1 saturated heterocycles. The summed E-state index contributed by atoms with van der Waals surface area (Å²) in [6, 6.07) is 13.2. The van der Waals surface area contributed by atoms with E-state index in [0.717, 1.165) is 11.3 Å². The maximum Gasteiger partial charge on any atom is 0.248 e. The summed E-state index contributed by atoms with van der Waals surface area (Å²) >= 11 is 6.13. The van der Waals surface area contributed by atoms with Gasteiger partial charge in [0.05, 0.1) is 4.90 Å². The first kappa shape index (κ1) is 23.3. The fourth-order valence-corrected chi connectivity index (χ4v) is 5.19. The topological polar surface area (TPSA) is 103 Å². The zero-order valence-corrected chi connectivity index (χ0v) is 19.7. The monoisotopic (exact) mass is 488 g/mol. The van der Waals surface area contributed by atoms with Crippen LogP contribution in [-0.4, -0.2) is 56.9 Å². The van der Waals surface area contributed by atoms with Gasteiger partial charge in [0.2, 0.25) is 21.5 Å². The van der Waals surface area contributed by atoms with Crippen LogP contribution in [0.1, 0.15) is 12.0 Å². The van der Waals surface area contributed by atoms with Gasteiger partial charge < -0.3 is 14.8 Å². The molecule has 0 spiro atoms. The Morgan fingerprint density at radius 1 is 1.06 bits per heavy atom. The van der Waals surface area contributed by atoms with E-state index in [1.54, 1.807) is 17.0 Å². The lowest BCUT2D eigenvalue weighted by Crippen LogP contribution is -2.49. The second-order valence-corrected chi connectivity index (χ2v) is 10.2. The summed E-state index contributed by atoms with van der Waals surface area (Å²) in [7, 11) is -3.78. The third-order valence-electron chi connectivity index (χ3n) is 5.78. The number of aromatic amines is 1.